The lowest BCUT2D eigenvalue weighted by atomic mass is 10.1. The van der Waals surface area contributed by atoms with Gasteiger partial charge in [-0.1, -0.05) is 41.6 Å². The molecule has 20 heavy (non-hydrogen) atoms. The van der Waals surface area contributed by atoms with Crippen LogP contribution in [0.25, 0.3) is 0 Å². The summed E-state index contributed by atoms with van der Waals surface area (Å²) in [7, 11) is 0. The molecule has 0 aromatic heterocycles. The fourth-order valence-electron chi connectivity index (χ4n) is 1.61. The van der Waals surface area contributed by atoms with E-state index < -0.39 is 12.5 Å². The molecule has 1 nitrogen and oxygen atoms in total. The molecule has 0 amide bonds. The molecule has 2 aromatic carbocycles. The van der Waals surface area contributed by atoms with Crippen LogP contribution in [0.15, 0.2) is 58.3 Å². The van der Waals surface area contributed by atoms with Crippen LogP contribution >= 0.6 is 35.8 Å². The molecular weight excluding hydrogens is 323 g/mol. The van der Waals surface area contributed by atoms with Gasteiger partial charge in [-0.05, 0) is 35.9 Å². The van der Waals surface area contributed by atoms with E-state index in [2.05, 4.69) is 0 Å². The van der Waals surface area contributed by atoms with Crippen molar-refractivity contribution in [2.45, 2.75) is 22.3 Å². The van der Waals surface area contributed by atoms with Gasteiger partial charge in [0.1, 0.15) is 0 Å². The minimum absolute atomic E-state index is 0. The first-order valence-electron chi connectivity index (χ1n) is 5.64. The van der Waals surface area contributed by atoms with Crippen LogP contribution in [-0.4, -0.2) is 6.43 Å². The highest BCUT2D eigenvalue weighted by molar-refractivity contribution is 7.99. The third-order valence-electron chi connectivity index (χ3n) is 2.59. The summed E-state index contributed by atoms with van der Waals surface area (Å²) >= 11 is 7.21. The molecule has 6 heteroatoms. The van der Waals surface area contributed by atoms with Crippen molar-refractivity contribution in [3.63, 3.8) is 0 Å². The van der Waals surface area contributed by atoms with E-state index in [0.29, 0.717) is 10.6 Å². The maximum absolute atomic E-state index is 12.7. The van der Waals surface area contributed by atoms with Gasteiger partial charge in [-0.25, -0.2) is 8.78 Å². The number of hydrogen-bond donors (Lipinski definition) is 1. The molecule has 0 saturated heterocycles. The number of nitrogens with two attached hydrogens (primary N) is 1. The fraction of sp³-hybridized carbons (Fsp3) is 0.143. The Morgan fingerprint density at radius 2 is 1.60 bits per heavy atom. The fourth-order valence-corrected chi connectivity index (χ4v) is 2.73. The van der Waals surface area contributed by atoms with Gasteiger partial charge in [0.25, 0.3) is 6.43 Å². The van der Waals surface area contributed by atoms with Crippen LogP contribution in [0.1, 0.15) is 11.6 Å². The van der Waals surface area contributed by atoms with Crippen molar-refractivity contribution in [1.82, 2.24) is 0 Å². The van der Waals surface area contributed by atoms with Crippen LogP contribution in [0.3, 0.4) is 0 Å². The minimum atomic E-state index is -2.58. The van der Waals surface area contributed by atoms with Crippen LogP contribution < -0.4 is 5.73 Å². The number of halogens is 4. The predicted molar refractivity (Wildman–Crippen MR) is 82.2 cm³/mol. The molecule has 0 saturated carbocycles. The van der Waals surface area contributed by atoms with Crippen molar-refractivity contribution in [3.05, 3.63) is 59.1 Å². The lowest BCUT2D eigenvalue weighted by Crippen LogP contribution is -2.19. The van der Waals surface area contributed by atoms with Crippen molar-refractivity contribution in [1.29, 1.82) is 0 Å². The molecule has 0 spiro atoms. The van der Waals surface area contributed by atoms with Gasteiger partial charge in [-0.3, -0.25) is 0 Å². The molecule has 0 radical (unpaired) electrons. The lowest BCUT2D eigenvalue weighted by molar-refractivity contribution is 0.115. The predicted octanol–water partition coefficient (Wildman–Crippen LogP) is 5.18. The van der Waals surface area contributed by atoms with E-state index in [-0.39, 0.29) is 12.4 Å². The normalized spacial score (nSPS) is 12.1. The Labute approximate surface area is 131 Å². The van der Waals surface area contributed by atoms with Gasteiger partial charge in [-0.15, -0.1) is 12.4 Å². The Balaban J connectivity index is 0.00000200. The number of rotatable bonds is 4. The Kier molecular flexibility index (Phi) is 6.76. The maximum atomic E-state index is 12.7. The van der Waals surface area contributed by atoms with Crippen molar-refractivity contribution < 1.29 is 8.78 Å². The van der Waals surface area contributed by atoms with Gasteiger partial charge in [0, 0.05) is 14.8 Å². The van der Waals surface area contributed by atoms with E-state index in [1.54, 1.807) is 36.4 Å². The Hall–Kier alpha value is -0.810. The zero-order chi connectivity index (χ0) is 13.8. The quantitative estimate of drug-likeness (QED) is 0.833. The summed E-state index contributed by atoms with van der Waals surface area (Å²) in [6.45, 7) is 0. The molecular formula is C14H13Cl2F2NS. The van der Waals surface area contributed by atoms with Crippen LogP contribution in [-0.2, 0) is 0 Å². The number of hydrogen-bond acceptors (Lipinski definition) is 2. The Morgan fingerprint density at radius 3 is 2.20 bits per heavy atom. The third kappa shape index (κ3) is 4.35. The van der Waals surface area contributed by atoms with Gasteiger partial charge in [-0.2, -0.15) is 0 Å². The topological polar surface area (TPSA) is 26.0 Å². The molecule has 0 fully saturated rings. The second kappa shape index (κ2) is 7.84. The largest absolute Gasteiger partial charge is 0.319 e. The summed E-state index contributed by atoms with van der Waals surface area (Å²) in [6, 6.07) is 12.9. The third-order valence-corrected chi connectivity index (χ3v) is 3.94. The first-order valence-corrected chi connectivity index (χ1v) is 6.83. The van der Waals surface area contributed by atoms with Crippen molar-refractivity contribution in [3.8, 4) is 0 Å². The molecule has 108 valence electrons. The highest BCUT2D eigenvalue weighted by Crippen LogP contribution is 2.34. The van der Waals surface area contributed by atoms with Crippen LogP contribution in [0.5, 0.6) is 0 Å². The minimum Gasteiger partial charge on any atom is -0.319 e. The molecule has 2 rings (SSSR count). The molecule has 2 aromatic rings. The lowest BCUT2D eigenvalue weighted by Gasteiger charge is -2.15. The molecule has 0 unspecified atom stereocenters. The van der Waals surface area contributed by atoms with Crippen LogP contribution in [0.4, 0.5) is 8.78 Å². The van der Waals surface area contributed by atoms with Gasteiger partial charge < -0.3 is 5.73 Å². The van der Waals surface area contributed by atoms with E-state index >= 15 is 0 Å². The average molecular weight is 336 g/mol. The van der Waals surface area contributed by atoms with E-state index in [0.717, 1.165) is 9.79 Å². The Bertz CT molecular complexity index is 549. The summed E-state index contributed by atoms with van der Waals surface area (Å²) in [5.41, 5.74) is 5.99. The van der Waals surface area contributed by atoms with Gasteiger partial charge in [0.05, 0.1) is 6.04 Å². The smallest absolute Gasteiger partial charge is 0.257 e. The zero-order valence-corrected chi connectivity index (χ0v) is 12.7. The summed E-state index contributed by atoms with van der Waals surface area (Å²) in [4.78, 5) is 1.66. The van der Waals surface area contributed by atoms with Crippen LogP contribution in [0, 0.1) is 0 Å². The number of alkyl halides is 2. The first kappa shape index (κ1) is 17.2. The highest BCUT2D eigenvalue weighted by Gasteiger charge is 2.20. The van der Waals surface area contributed by atoms with Crippen molar-refractivity contribution in [2.24, 2.45) is 5.73 Å². The first-order chi connectivity index (χ1) is 9.08. The SMILES string of the molecule is Cl.N[C@H](c1ccccc1Sc1ccc(Cl)cc1)C(F)F. The zero-order valence-electron chi connectivity index (χ0n) is 10.3. The summed E-state index contributed by atoms with van der Waals surface area (Å²) < 4.78 is 25.5. The van der Waals surface area contributed by atoms with Crippen LogP contribution in [0.2, 0.25) is 5.02 Å². The summed E-state index contributed by atoms with van der Waals surface area (Å²) in [6.07, 6.45) is -2.58. The van der Waals surface area contributed by atoms with E-state index in [4.69, 9.17) is 17.3 Å². The van der Waals surface area contributed by atoms with Crippen molar-refractivity contribution >= 4 is 35.8 Å². The molecule has 0 aliphatic rings. The van der Waals surface area contributed by atoms with E-state index in [1.165, 1.54) is 11.8 Å². The van der Waals surface area contributed by atoms with E-state index in [9.17, 15) is 8.78 Å². The van der Waals surface area contributed by atoms with Gasteiger partial charge in [0.15, 0.2) is 0 Å². The Morgan fingerprint density at radius 1 is 1.00 bits per heavy atom. The molecule has 0 aliphatic heterocycles. The molecule has 0 aliphatic carbocycles. The summed E-state index contributed by atoms with van der Waals surface area (Å²) in [5.74, 6) is 0. The second-order valence-electron chi connectivity index (χ2n) is 3.95. The standard InChI is InChI=1S/C14H12ClF2NS.ClH/c15-9-5-7-10(8-6-9)19-12-4-2-1-3-11(12)13(18)14(16)17;/h1-8,13-14H,18H2;1H/t13-;/m1./s1. The molecule has 0 heterocycles. The van der Waals surface area contributed by atoms with Gasteiger partial charge in [0.2, 0.25) is 0 Å². The monoisotopic (exact) mass is 335 g/mol. The molecule has 2 N–H and O–H groups in total. The summed E-state index contributed by atoms with van der Waals surface area (Å²) in [5, 5.41) is 0.641. The van der Waals surface area contributed by atoms with Gasteiger partial charge >= 0.3 is 0 Å². The highest BCUT2D eigenvalue weighted by atomic mass is 35.5. The average Bonchev–Trinajstić information content (AvgIpc) is 2.41. The van der Waals surface area contributed by atoms with E-state index in [1.807, 2.05) is 12.1 Å². The molecule has 0 bridgehead atoms. The maximum Gasteiger partial charge on any atom is 0.257 e. The van der Waals surface area contributed by atoms with Crippen molar-refractivity contribution in [2.75, 3.05) is 0 Å². The second-order valence-corrected chi connectivity index (χ2v) is 5.51. The number of benzene rings is 2. The molecule has 1 atom stereocenters.